The maximum absolute atomic E-state index is 14.2. The molecule has 1 aromatic heterocycles. The van der Waals surface area contributed by atoms with Gasteiger partial charge in [0.1, 0.15) is 23.3 Å². The molecule has 10 heteroatoms. The van der Waals surface area contributed by atoms with Crippen LogP contribution in [0.2, 0.25) is 0 Å². The minimum atomic E-state index is -0.844. The summed E-state index contributed by atoms with van der Waals surface area (Å²) in [5.74, 6) is -1.65. The van der Waals surface area contributed by atoms with Crippen molar-refractivity contribution in [3.05, 3.63) is 78.5 Å². The van der Waals surface area contributed by atoms with E-state index in [1.54, 1.807) is 30.3 Å². The van der Waals surface area contributed by atoms with Crippen LogP contribution in [0.25, 0.3) is 11.3 Å². The zero-order valence-corrected chi connectivity index (χ0v) is 17.0. The molecule has 0 saturated heterocycles. The Morgan fingerprint density at radius 1 is 1.25 bits per heavy atom. The monoisotopic (exact) mass is 507 g/mol. The molecular formula is C18H9Br2F2N5O. The van der Waals surface area contributed by atoms with Crippen molar-refractivity contribution in [3.63, 3.8) is 0 Å². The Bertz CT molecular complexity index is 1170. The highest BCUT2D eigenvalue weighted by molar-refractivity contribution is 9.11. The highest BCUT2D eigenvalue weighted by Gasteiger charge is 2.15. The van der Waals surface area contributed by atoms with Crippen molar-refractivity contribution >= 4 is 44.0 Å². The number of hydrogen-bond donors (Lipinski definition) is 2. The van der Waals surface area contributed by atoms with Gasteiger partial charge in [-0.25, -0.2) is 19.2 Å². The molecule has 0 fully saturated rings. The lowest BCUT2D eigenvalue weighted by Gasteiger charge is -2.07. The van der Waals surface area contributed by atoms with Gasteiger partial charge >= 0.3 is 0 Å². The molecular weight excluding hydrogens is 500 g/mol. The number of anilines is 1. The van der Waals surface area contributed by atoms with Crippen molar-refractivity contribution in [1.29, 1.82) is 5.26 Å². The zero-order chi connectivity index (χ0) is 20.3. The maximum atomic E-state index is 14.2. The molecule has 0 amide bonds. The van der Waals surface area contributed by atoms with Gasteiger partial charge in [0.15, 0.2) is 0 Å². The third-order valence-corrected chi connectivity index (χ3v) is 4.98. The first-order valence-electron chi connectivity index (χ1n) is 7.64. The minimum absolute atomic E-state index is 0.0138. The average molecular weight is 509 g/mol. The Hall–Kier alpha value is -2.90. The fourth-order valence-corrected chi connectivity index (χ4v) is 3.10. The van der Waals surface area contributed by atoms with Gasteiger partial charge in [-0.3, -0.25) is 9.78 Å². The van der Waals surface area contributed by atoms with Crippen molar-refractivity contribution in [2.45, 2.75) is 0 Å². The van der Waals surface area contributed by atoms with E-state index >= 15 is 0 Å². The van der Waals surface area contributed by atoms with Crippen molar-refractivity contribution in [2.75, 3.05) is 5.43 Å². The van der Waals surface area contributed by atoms with E-state index in [9.17, 15) is 18.8 Å². The normalized spacial score (nSPS) is 10.8. The van der Waals surface area contributed by atoms with E-state index in [4.69, 9.17) is 0 Å². The van der Waals surface area contributed by atoms with Crippen LogP contribution in [0.3, 0.4) is 0 Å². The molecule has 3 aromatic rings. The molecule has 0 bridgehead atoms. The van der Waals surface area contributed by atoms with E-state index in [0.717, 1.165) is 12.3 Å². The number of nitriles is 1. The predicted octanol–water partition coefficient (Wildman–Crippen LogP) is 4.56. The number of hydrazone groups is 1. The molecule has 3 rings (SSSR count). The number of H-pyrrole nitrogens is 1. The summed E-state index contributed by atoms with van der Waals surface area (Å²) in [5, 5.41) is 13.1. The van der Waals surface area contributed by atoms with Crippen LogP contribution in [0.1, 0.15) is 11.1 Å². The van der Waals surface area contributed by atoms with Gasteiger partial charge in [-0.05, 0) is 37.9 Å². The lowest BCUT2D eigenvalue weighted by Crippen LogP contribution is -2.16. The number of aromatic nitrogens is 2. The van der Waals surface area contributed by atoms with E-state index in [1.807, 2.05) is 6.07 Å². The Kier molecular flexibility index (Phi) is 5.96. The van der Waals surface area contributed by atoms with Crippen molar-refractivity contribution < 1.29 is 8.78 Å². The van der Waals surface area contributed by atoms with E-state index < -0.39 is 17.2 Å². The standard InChI is InChI=1S/C18H9Br2F2N5O/c19-12-6-13(21)14(20)15(22)11(12)8-24-27-18-25-16(9-4-2-1-3-5-9)10(7-23)17(28)26-18/h1-6,8H,(H2,25,26,27,28). The summed E-state index contributed by atoms with van der Waals surface area (Å²) in [5.41, 5.74) is 2.44. The van der Waals surface area contributed by atoms with Gasteiger partial charge in [-0.1, -0.05) is 30.3 Å². The molecule has 2 aromatic carbocycles. The lowest BCUT2D eigenvalue weighted by molar-refractivity contribution is 0.569. The van der Waals surface area contributed by atoms with Gasteiger partial charge in [-0.2, -0.15) is 10.4 Å². The summed E-state index contributed by atoms with van der Waals surface area (Å²) in [6, 6.07) is 11.6. The highest BCUT2D eigenvalue weighted by Crippen LogP contribution is 2.28. The van der Waals surface area contributed by atoms with E-state index in [-0.39, 0.29) is 31.7 Å². The molecule has 140 valence electrons. The molecule has 0 unspecified atom stereocenters. The Balaban J connectivity index is 1.96. The lowest BCUT2D eigenvalue weighted by atomic mass is 10.1. The molecule has 2 N–H and O–H groups in total. The Morgan fingerprint density at radius 3 is 2.64 bits per heavy atom. The molecule has 28 heavy (non-hydrogen) atoms. The van der Waals surface area contributed by atoms with Crippen molar-refractivity contribution in [2.24, 2.45) is 5.10 Å². The summed E-state index contributed by atoms with van der Waals surface area (Å²) < 4.78 is 27.5. The summed E-state index contributed by atoms with van der Waals surface area (Å²) in [6.45, 7) is 0. The number of hydrogen-bond acceptors (Lipinski definition) is 5. The summed E-state index contributed by atoms with van der Waals surface area (Å²) >= 11 is 5.88. The van der Waals surface area contributed by atoms with Crippen LogP contribution in [-0.2, 0) is 0 Å². The van der Waals surface area contributed by atoms with E-state index in [1.165, 1.54) is 0 Å². The van der Waals surface area contributed by atoms with Gasteiger partial charge in [0.2, 0.25) is 5.95 Å². The van der Waals surface area contributed by atoms with Crippen LogP contribution >= 0.6 is 31.9 Å². The first-order chi connectivity index (χ1) is 13.4. The smallest absolute Gasteiger partial charge is 0.270 e. The number of aromatic amines is 1. The molecule has 1 heterocycles. The van der Waals surface area contributed by atoms with Crippen LogP contribution in [0, 0.1) is 23.0 Å². The molecule has 0 aliphatic carbocycles. The number of benzene rings is 2. The van der Waals surface area contributed by atoms with Gasteiger partial charge in [-0.15, -0.1) is 0 Å². The Morgan fingerprint density at radius 2 is 1.96 bits per heavy atom. The fraction of sp³-hybridized carbons (Fsp3) is 0. The molecule has 0 atom stereocenters. The van der Waals surface area contributed by atoms with E-state index in [0.29, 0.717) is 5.56 Å². The SMILES string of the molecule is N#Cc1c(-c2ccccc2)nc(NN=Cc2c(Br)cc(F)c(Br)c2F)[nH]c1=O. The zero-order valence-electron chi connectivity index (χ0n) is 13.8. The molecule has 6 nitrogen and oxygen atoms in total. The first kappa shape index (κ1) is 19.9. The van der Waals surface area contributed by atoms with Gasteiger partial charge in [0, 0.05) is 15.6 Å². The second kappa shape index (κ2) is 8.41. The van der Waals surface area contributed by atoms with Gasteiger partial charge in [0.05, 0.1) is 16.4 Å². The van der Waals surface area contributed by atoms with Crippen LogP contribution in [-0.4, -0.2) is 16.2 Å². The number of halogens is 4. The fourth-order valence-electron chi connectivity index (χ4n) is 2.29. The highest BCUT2D eigenvalue weighted by atomic mass is 79.9. The molecule has 0 aliphatic heterocycles. The second-order valence-electron chi connectivity index (χ2n) is 5.37. The van der Waals surface area contributed by atoms with Crippen LogP contribution < -0.4 is 11.0 Å². The third kappa shape index (κ3) is 4.00. The number of nitrogens with zero attached hydrogens (tertiary/aromatic N) is 3. The third-order valence-electron chi connectivity index (χ3n) is 3.59. The van der Waals surface area contributed by atoms with E-state index in [2.05, 4.69) is 52.4 Å². The number of nitrogens with one attached hydrogen (secondary N) is 2. The molecule has 0 saturated carbocycles. The maximum Gasteiger partial charge on any atom is 0.270 e. The van der Waals surface area contributed by atoms with Crippen LogP contribution in [0.5, 0.6) is 0 Å². The second-order valence-corrected chi connectivity index (χ2v) is 7.02. The van der Waals surface area contributed by atoms with Crippen molar-refractivity contribution in [3.8, 4) is 17.3 Å². The summed E-state index contributed by atoms with van der Waals surface area (Å²) in [6.07, 6.45) is 1.10. The topological polar surface area (TPSA) is 93.9 Å². The van der Waals surface area contributed by atoms with Crippen molar-refractivity contribution in [1.82, 2.24) is 9.97 Å². The first-order valence-corrected chi connectivity index (χ1v) is 9.23. The molecule has 0 spiro atoms. The summed E-state index contributed by atoms with van der Waals surface area (Å²) in [4.78, 5) is 18.8. The Labute approximate surface area is 174 Å². The van der Waals surface area contributed by atoms with Gasteiger partial charge in [0.25, 0.3) is 5.56 Å². The van der Waals surface area contributed by atoms with Crippen LogP contribution in [0.15, 0.2) is 55.2 Å². The minimum Gasteiger partial charge on any atom is -0.290 e. The van der Waals surface area contributed by atoms with Gasteiger partial charge < -0.3 is 0 Å². The molecule has 0 aliphatic rings. The molecule has 0 radical (unpaired) electrons. The average Bonchev–Trinajstić information content (AvgIpc) is 2.69. The summed E-state index contributed by atoms with van der Waals surface area (Å²) in [7, 11) is 0. The van der Waals surface area contributed by atoms with Crippen LogP contribution in [0.4, 0.5) is 14.7 Å². The predicted molar refractivity (Wildman–Crippen MR) is 108 cm³/mol. The number of rotatable bonds is 4. The quantitative estimate of drug-likeness (QED) is 0.234. The largest absolute Gasteiger partial charge is 0.290 e.